The summed E-state index contributed by atoms with van der Waals surface area (Å²) in [4.78, 5) is 26.3. The molecule has 2 atom stereocenters. The van der Waals surface area contributed by atoms with Crippen molar-refractivity contribution in [1.82, 2.24) is 0 Å². The van der Waals surface area contributed by atoms with E-state index in [1.807, 2.05) is 13.8 Å². The Kier molecular flexibility index (Phi) is 3.38. The molecule has 1 saturated heterocycles. The summed E-state index contributed by atoms with van der Waals surface area (Å²) in [6.07, 6.45) is 1.54. The minimum absolute atomic E-state index is 0.0897. The lowest BCUT2D eigenvalue weighted by molar-refractivity contribution is -0.0469. The third-order valence-corrected chi connectivity index (χ3v) is 5.81. The van der Waals surface area contributed by atoms with Gasteiger partial charge in [0.2, 0.25) is 5.78 Å². The molecule has 0 saturated carbocycles. The quantitative estimate of drug-likeness (QED) is 0.891. The molecule has 132 valence electrons. The Hall–Kier alpha value is -2.14. The summed E-state index contributed by atoms with van der Waals surface area (Å²) < 4.78 is 11.3. The standard InChI is InChI=1S/C20H22O5/c1-9(2)13-17(22)15-11(21)7-10-14(16(15)18(23)19(13)24-4)12-5-6-20(10,3)8-25-12/h7,9,12,21H,5-6,8H2,1-4H3. The number of methoxy groups -OCH3 is 1. The van der Waals surface area contributed by atoms with Crippen molar-refractivity contribution in [2.24, 2.45) is 5.92 Å². The van der Waals surface area contributed by atoms with Gasteiger partial charge in [0.1, 0.15) is 5.75 Å². The van der Waals surface area contributed by atoms with Crippen LogP contribution in [0.5, 0.6) is 5.75 Å². The molecule has 5 heteroatoms. The number of phenols is 1. The SMILES string of the molecule is COC1=C(C(C)C)C(=O)c2c(O)cc3c(c2C1=O)C1CCC3(C)CO1. The topological polar surface area (TPSA) is 72.8 Å². The number of rotatable bonds is 2. The van der Waals surface area contributed by atoms with E-state index in [0.717, 1.165) is 24.0 Å². The van der Waals surface area contributed by atoms with Crippen molar-refractivity contribution >= 4 is 11.6 Å². The average molecular weight is 342 g/mol. The molecule has 0 aromatic heterocycles. The van der Waals surface area contributed by atoms with Crippen molar-refractivity contribution in [3.05, 3.63) is 39.7 Å². The molecule has 2 bridgehead atoms. The van der Waals surface area contributed by atoms with Crippen molar-refractivity contribution in [3.63, 3.8) is 0 Å². The first-order chi connectivity index (χ1) is 11.8. The number of carbonyl (C=O) groups excluding carboxylic acids is 2. The minimum atomic E-state index is -0.326. The van der Waals surface area contributed by atoms with Gasteiger partial charge in [-0.25, -0.2) is 0 Å². The number of carbonyl (C=O) groups is 2. The van der Waals surface area contributed by atoms with E-state index >= 15 is 0 Å². The van der Waals surface area contributed by atoms with Gasteiger partial charge >= 0.3 is 0 Å². The van der Waals surface area contributed by atoms with Crippen LogP contribution in [-0.4, -0.2) is 30.4 Å². The summed E-state index contributed by atoms with van der Waals surface area (Å²) in [5.74, 6) is -0.859. The van der Waals surface area contributed by atoms with Gasteiger partial charge in [-0.05, 0) is 36.0 Å². The van der Waals surface area contributed by atoms with Crippen LogP contribution in [0.1, 0.15) is 71.6 Å². The second-order valence-corrected chi connectivity index (χ2v) is 7.77. The van der Waals surface area contributed by atoms with Crippen molar-refractivity contribution in [3.8, 4) is 5.75 Å². The van der Waals surface area contributed by atoms with Crippen LogP contribution in [0.4, 0.5) is 0 Å². The molecule has 2 aliphatic carbocycles. The number of Topliss-reactive ketones (excluding diaryl/α,β-unsaturated/α-hetero) is 2. The van der Waals surface area contributed by atoms with E-state index < -0.39 is 0 Å². The first-order valence-electron chi connectivity index (χ1n) is 8.69. The number of hydrogen-bond donors (Lipinski definition) is 1. The van der Waals surface area contributed by atoms with Gasteiger partial charge in [-0.15, -0.1) is 0 Å². The summed E-state index contributed by atoms with van der Waals surface area (Å²) in [6, 6.07) is 1.67. The molecule has 1 fully saturated rings. The Morgan fingerprint density at radius 3 is 2.56 bits per heavy atom. The van der Waals surface area contributed by atoms with Gasteiger partial charge in [0.05, 0.1) is 25.4 Å². The molecule has 1 N–H and O–H groups in total. The highest BCUT2D eigenvalue weighted by molar-refractivity contribution is 6.28. The third kappa shape index (κ3) is 1.99. The van der Waals surface area contributed by atoms with E-state index in [1.54, 1.807) is 6.07 Å². The normalized spacial score (nSPS) is 27.6. The van der Waals surface area contributed by atoms with Gasteiger partial charge in [0, 0.05) is 16.6 Å². The van der Waals surface area contributed by atoms with Gasteiger partial charge in [-0.2, -0.15) is 0 Å². The smallest absolute Gasteiger partial charge is 0.229 e. The number of phenolic OH excluding ortho intramolecular Hbond substituents is 1. The van der Waals surface area contributed by atoms with Crippen LogP contribution < -0.4 is 0 Å². The maximum atomic E-state index is 13.2. The summed E-state index contributed by atoms with van der Waals surface area (Å²) >= 11 is 0. The molecule has 5 nitrogen and oxygen atoms in total. The lowest BCUT2D eigenvalue weighted by atomic mass is 9.65. The van der Waals surface area contributed by atoms with E-state index in [4.69, 9.17) is 9.47 Å². The van der Waals surface area contributed by atoms with E-state index in [-0.39, 0.29) is 51.6 Å². The van der Waals surface area contributed by atoms with Gasteiger partial charge in [0.15, 0.2) is 11.5 Å². The Morgan fingerprint density at radius 1 is 1.28 bits per heavy atom. The Balaban J connectivity index is 2.06. The van der Waals surface area contributed by atoms with Crippen molar-refractivity contribution in [1.29, 1.82) is 0 Å². The molecular formula is C20H22O5. The first kappa shape index (κ1) is 16.3. The zero-order chi connectivity index (χ0) is 18.1. The number of fused-ring (bicyclic) bond motifs is 3. The Labute approximate surface area is 146 Å². The Morgan fingerprint density at radius 2 is 2.00 bits per heavy atom. The van der Waals surface area contributed by atoms with Crippen LogP contribution in [0.25, 0.3) is 0 Å². The molecular weight excluding hydrogens is 320 g/mol. The van der Waals surface area contributed by atoms with Gasteiger partial charge in [-0.3, -0.25) is 9.59 Å². The summed E-state index contributed by atoms with van der Waals surface area (Å²) in [6.45, 7) is 6.32. The molecule has 5 rings (SSSR count). The Bertz CT molecular complexity index is 838. The van der Waals surface area contributed by atoms with Crippen LogP contribution in [-0.2, 0) is 14.9 Å². The van der Waals surface area contributed by atoms with Crippen molar-refractivity contribution in [2.75, 3.05) is 13.7 Å². The van der Waals surface area contributed by atoms with Crippen LogP contribution in [0, 0.1) is 5.92 Å². The maximum absolute atomic E-state index is 13.2. The monoisotopic (exact) mass is 342 g/mol. The largest absolute Gasteiger partial charge is 0.507 e. The van der Waals surface area contributed by atoms with Gasteiger partial charge in [-0.1, -0.05) is 20.8 Å². The highest BCUT2D eigenvalue weighted by atomic mass is 16.5. The van der Waals surface area contributed by atoms with Crippen LogP contribution >= 0.6 is 0 Å². The number of aromatic hydroxyl groups is 1. The fraction of sp³-hybridized carbons (Fsp3) is 0.500. The molecule has 1 aromatic rings. The first-order valence-corrected chi connectivity index (χ1v) is 8.69. The zero-order valence-corrected chi connectivity index (χ0v) is 14.9. The molecule has 0 amide bonds. The number of ketones is 2. The number of benzene rings is 1. The molecule has 1 aromatic carbocycles. The average Bonchev–Trinajstić information content (AvgIpc) is 2.57. The fourth-order valence-corrected chi connectivity index (χ4v) is 4.51. The summed E-state index contributed by atoms with van der Waals surface area (Å²) in [7, 11) is 1.41. The molecule has 0 spiro atoms. The molecule has 4 aliphatic rings. The second kappa shape index (κ2) is 5.18. The fourth-order valence-electron chi connectivity index (χ4n) is 4.51. The van der Waals surface area contributed by atoms with Crippen LogP contribution in [0.15, 0.2) is 17.4 Å². The van der Waals surface area contributed by atoms with Gasteiger partial charge < -0.3 is 14.6 Å². The second-order valence-electron chi connectivity index (χ2n) is 7.77. The van der Waals surface area contributed by atoms with Crippen LogP contribution in [0.2, 0.25) is 0 Å². The third-order valence-electron chi connectivity index (χ3n) is 5.81. The van der Waals surface area contributed by atoms with E-state index in [2.05, 4.69) is 6.92 Å². The maximum Gasteiger partial charge on any atom is 0.229 e. The van der Waals surface area contributed by atoms with Gasteiger partial charge in [0.25, 0.3) is 0 Å². The molecule has 0 radical (unpaired) electrons. The highest BCUT2D eigenvalue weighted by Gasteiger charge is 2.48. The number of allylic oxidation sites excluding steroid dienone is 2. The molecule has 25 heavy (non-hydrogen) atoms. The number of hydrogen-bond acceptors (Lipinski definition) is 5. The number of ether oxygens (including phenoxy) is 2. The van der Waals surface area contributed by atoms with Crippen LogP contribution in [0.3, 0.4) is 0 Å². The minimum Gasteiger partial charge on any atom is -0.507 e. The summed E-state index contributed by atoms with van der Waals surface area (Å²) in [5.41, 5.74) is 2.16. The molecule has 2 heterocycles. The van der Waals surface area contributed by atoms with Crippen molar-refractivity contribution in [2.45, 2.75) is 45.1 Å². The van der Waals surface area contributed by atoms with E-state index in [9.17, 15) is 14.7 Å². The zero-order valence-electron chi connectivity index (χ0n) is 14.9. The lowest BCUT2D eigenvalue weighted by Gasteiger charge is -2.47. The molecule has 2 unspecified atom stereocenters. The predicted octanol–water partition coefficient (Wildman–Crippen LogP) is 3.45. The predicted molar refractivity (Wildman–Crippen MR) is 90.9 cm³/mol. The molecule has 2 aliphatic heterocycles. The van der Waals surface area contributed by atoms with E-state index in [1.165, 1.54) is 7.11 Å². The summed E-state index contributed by atoms with van der Waals surface area (Å²) in [5, 5.41) is 10.6. The van der Waals surface area contributed by atoms with E-state index in [0.29, 0.717) is 12.2 Å². The highest BCUT2D eigenvalue weighted by Crippen LogP contribution is 2.53. The lowest BCUT2D eigenvalue weighted by Crippen LogP contribution is -2.43. The van der Waals surface area contributed by atoms with Crippen molar-refractivity contribution < 1.29 is 24.2 Å².